The molecule has 0 saturated carbocycles. The first-order valence-corrected chi connectivity index (χ1v) is 5.56. The third kappa shape index (κ3) is 1.80. The molecule has 0 aliphatic rings. The van der Waals surface area contributed by atoms with Crippen LogP contribution >= 0.6 is 11.6 Å². The van der Waals surface area contributed by atoms with E-state index >= 15 is 0 Å². The van der Waals surface area contributed by atoms with Crippen molar-refractivity contribution in [1.82, 2.24) is 20.6 Å². The Kier molecular flexibility index (Phi) is 2.60. The Morgan fingerprint density at radius 1 is 1.32 bits per heavy atom. The van der Waals surface area contributed by atoms with E-state index in [0.717, 1.165) is 0 Å². The zero-order chi connectivity index (χ0) is 13.4. The number of para-hydroxylation sites is 1. The minimum absolute atomic E-state index is 0.105. The van der Waals surface area contributed by atoms with E-state index < -0.39 is 10.9 Å². The van der Waals surface area contributed by atoms with E-state index in [1.165, 1.54) is 0 Å². The molecule has 3 aromatic rings. The summed E-state index contributed by atoms with van der Waals surface area (Å²) in [4.78, 5) is 23.3. The topological polar surface area (TPSA) is 102 Å². The van der Waals surface area contributed by atoms with Crippen LogP contribution in [0, 0.1) is 0 Å². The summed E-state index contributed by atoms with van der Waals surface area (Å²) in [7, 11) is 0. The van der Waals surface area contributed by atoms with Crippen molar-refractivity contribution in [3.8, 4) is 11.4 Å². The van der Waals surface area contributed by atoms with Crippen molar-refractivity contribution in [2.45, 2.75) is 0 Å². The monoisotopic (exact) mass is 276 g/mol. The van der Waals surface area contributed by atoms with E-state index in [4.69, 9.17) is 16.0 Å². The maximum atomic E-state index is 11.8. The molecule has 0 radical (unpaired) electrons. The Labute approximate surface area is 110 Å². The number of carbonyl (C=O) groups is 1. The van der Waals surface area contributed by atoms with E-state index in [-0.39, 0.29) is 17.0 Å². The molecule has 0 spiro atoms. The van der Waals surface area contributed by atoms with Crippen LogP contribution < -0.4 is 5.63 Å². The highest BCUT2D eigenvalue weighted by molar-refractivity contribution is 6.68. The molecule has 7 nitrogen and oxygen atoms in total. The van der Waals surface area contributed by atoms with Gasteiger partial charge in [-0.25, -0.2) is 4.79 Å². The van der Waals surface area contributed by atoms with E-state index in [0.29, 0.717) is 11.0 Å². The molecule has 0 amide bonds. The number of hydrogen-bond acceptors (Lipinski definition) is 6. The number of hydrogen-bond donors (Lipinski definition) is 1. The molecule has 3 rings (SSSR count). The van der Waals surface area contributed by atoms with Gasteiger partial charge in [0.2, 0.25) is 5.82 Å². The smallest absolute Gasteiger partial charge is 0.349 e. The maximum absolute atomic E-state index is 11.8. The lowest BCUT2D eigenvalue weighted by atomic mass is 10.0. The quantitative estimate of drug-likeness (QED) is 0.560. The van der Waals surface area contributed by atoms with Gasteiger partial charge in [-0.05, 0) is 22.9 Å². The molecule has 0 fully saturated rings. The number of H-pyrrole nitrogens is 1. The van der Waals surface area contributed by atoms with Gasteiger partial charge in [0.05, 0.1) is 5.56 Å². The molecule has 19 heavy (non-hydrogen) atoms. The fraction of sp³-hybridized carbons (Fsp3) is 0. The number of nitrogens with zero attached hydrogens (tertiary/aromatic N) is 3. The number of fused-ring (bicyclic) bond motifs is 1. The largest absolute Gasteiger partial charge is 0.422 e. The summed E-state index contributed by atoms with van der Waals surface area (Å²) >= 11 is 5.45. The Bertz CT molecular complexity index is 826. The lowest BCUT2D eigenvalue weighted by Gasteiger charge is -2.04. The molecule has 0 aliphatic carbocycles. The van der Waals surface area contributed by atoms with E-state index in [9.17, 15) is 9.59 Å². The van der Waals surface area contributed by atoms with Crippen molar-refractivity contribution < 1.29 is 9.21 Å². The number of aromatic amines is 1. The lowest BCUT2D eigenvalue weighted by molar-refractivity contribution is 0.107. The van der Waals surface area contributed by atoms with Crippen LogP contribution in [0.25, 0.3) is 22.4 Å². The highest BCUT2D eigenvalue weighted by atomic mass is 35.5. The van der Waals surface area contributed by atoms with Gasteiger partial charge in [0.1, 0.15) is 11.1 Å². The molecule has 1 N–H and O–H groups in total. The van der Waals surface area contributed by atoms with Gasteiger partial charge in [-0.15, -0.1) is 10.2 Å². The number of carbonyl (C=O) groups excluding carboxylic acids is 1. The van der Waals surface area contributed by atoms with E-state index in [1.807, 2.05) is 0 Å². The first-order valence-electron chi connectivity index (χ1n) is 5.18. The van der Waals surface area contributed by atoms with Crippen molar-refractivity contribution in [2.24, 2.45) is 0 Å². The predicted molar refractivity (Wildman–Crippen MR) is 65.8 cm³/mol. The van der Waals surface area contributed by atoms with Crippen LogP contribution in [-0.4, -0.2) is 25.9 Å². The summed E-state index contributed by atoms with van der Waals surface area (Å²) in [6, 6.07) is 6.71. The third-order valence-electron chi connectivity index (χ3n) is 2.58. The molecule has 94 valence electrons. The Morgan fingerprint density at radius 2 is 2.11 bits per heavy atom. The van der Waals surface area contributed by atoms with Crippen LogP contribution in [0.5, 0.6) is 0 Å². The summed E-state index contributed by atoms with van der Waals surface area (Å²) in [5.74, 6) is 0.105. The van der Waals surface area contributed by atoms with Gasteiger partial charge in [-0.2, -0.15) is 5.21 Å². The van der Waals surface area contributed by atoms with Crippen molar-refractivity contribution in [3.05, 3.63) is 40.2 Å². The fourth-order valence-corrected chi connectivity index (χ4v) is 2.00. The second-order valence-electron chi connectivity index (χ2n) is 3.64. The fourth-order valence-electron chi connectivity index (χ4n) is 1.83. The van der Waals surface area contributed by atoms with Crippen molar-refractivity contribution in [3.63, 3.8) is 0 Å². The first-order chi connectivity index (χ1) is 9.18. The normalized spacial score (nSPS) is 10.8. The van der Waals surface area contributed by atoms with Gasteiger partial charge < -0.3 is 4.42 Å². The summed E-state index contributed by atoms with van der Waals surface area (Å²) in [6.45, 7) is 0. The van der Waals surface area contributed by atoms with Crippen LogP contribution in [0.2, 0.25) is 0 Å². The standard InChI is InChI=1S/C11H5ClN4O3/c12-9(17)8-7(10-13-15-16-14-10)5-3-1-2-4-6(5)19-11(8)18/h1-4H,(H,13,14,15,16). The number of nitrogens with one attached hydrogen (secondary N) is 1. The van der Waals surface area contributed by atoms with E-state index in [1.54, 1.807) is 24.3 Å². The van der Waals surface area contributed by atoms with Gasteiger partial charge >= 0.3 is 5.63 Å². The SMILES string of the molecule is O=C(Cl)c1c(-c2nn[nH]n2)c2ccccc2oc1=O. The predicted octanol–water partition coefficient (Wildman–Crippen LogP) is 1.35. The average Bonchev–Trinajstić information content (AvgIpc) is 2.90. The van der Waals surface area contributed by atoms with Gasteiger partial charge in [-0.1, -0.05) is 18.2 Å². The Hall–Kier alpha value is -2.54. The summed E-state index contributed by atoms with van der Waals surface area (Å²) in [6.07, 6.45) is 0. The first kappa shape index (κ1) is 11.5. The molecule has 1 aromatic carbocycles. The summed E-state index contributed by atoms with van der Waals surface area (Å²) < 4.78 is 5.05. The number of tetrazole rings is 1. The van der Waals surface area contributed by atoms with Gasteiger partial charge in [0, 0.05) is 5.39 Å². The maximum Gasteiger partial charge on any atom is 0.349 e. The molecule has 0 saturated heterocycles. The van der Waals surface area contributed by atoms with Crippen molar-refractivity contribution in [1.29, 1.82) is 0 Å². The second kappa shape index (κ2) is 4.29. The molecule has 8 heteroatoms. The molecule has 0 bridgehead atoms. The van der Waals surface area contributed by atoms with Crippen LogP contribution in [0.15, 0.2) is 33.5 Å². The van der Waals surface area contributed by atoms with Crippen LogP contribution in [0.3, 0.4) is 0 Å². The number of halogens is 1. The van der Waals surface area contributed by atoms with Gasteiger partial charge in [0.15, 0.2) is 0 Å². The molecule has 0 atom stereocenters. The Morgan fingerprint density at radius 3 is 2.79 bits per heavy atom. The Balaban J connectivity index is 2.53. The zero-order valence-corrected chi connectivity index (χ0v) is 10.0. The zero-order valence-electron chi connectivity index (χ0n) is 9.25. The summed E-state index contributed by atoms with van der Waals surface area (Å²) in [5, 5.41) is 12.8. The lowest BCUT2D eigenvalue weighted by Crippen LogP contribution is -2.13. The van der Waals surface area contributed by atoms with Crippen LogP contribution in [0.4, 0.5) is 0 Å². The minimum Gasteiger partial charge on any atom is -0.422 e. The third-order valence-corrected chi connectivity index (χ3v) is 2.77. The van der Waals surface area contributed by atoms with Crippen LogP contribution in [-0.2, 0) is 0 Å². The summed E-state index contributed by atoms with van der Waals surface area (Å²) in [5.41, 5.74) is -0.616. The number of benzene rings is 1. The highest BCUT2D eigenvalue weighted by Gasteiger charge is 2.23. The molecule has 2 aromatic heterocycles. The molecule has 0 unspecified atom stereocenters. The van der Waals surface area contributed by atoms with Gasteiger partial charge in [-0.3, -0.25) is 4.79 Å². The number of rotatable bonds is 2. The molecule has 2 heterocycles. The molecule has 0 aliphatic heterocycles. The van der Waals surface area contributed by atoms with Crippen molar-refractivity contribution in [2.75, 3.05) is 0 Å². The van der Waals surface area contributed by atoms with Crippen molar-refractivity contribution >= 4 is 27.8 Å². The number of aromatic nitrogens is 4. The van der Waals surface area contributed by atoms with E-state index in [2.05, 4.69) is 20.6 Å². The molecular weight excluding hydrogens is 272 g/mol. The average molecular weight is 277 g/mol. The van der Waals surface area contributed by atoms with Gasteiger partial charge in [0.25, 0.3) is 5.24 Å². The van der Waals surface area contributed by atoms with Crippen LogP contribution in [0.1, 0.15) is 10.4 Å². The minimum atomic E-state index is -0.931. The second-order valence-corrected chi connectivity index (χ2v) is 3.99. The molecular formula is C11H5ClN4O3. The highest BCUT2D eigenvalue weighted by Crippen LogP contribution is 2.28.